The smallest absolute Gasteiger partial charge is 0.285 e. The largest absolute Gasteiger partial charge is 0.393 e. The molecule has 2 unspecified atom stereocenters. The summed E-state index contributed by atoms with van der Waals surface area (Å²) in [6, 6.07) is 1.90. The summed E-state index contributed by atoms with van der Waals surface area (Å²) >= 11 is 0. The lowest BCUT2D eigenvalue weighted by Gasteiger charge is -2.25. The van der Waals surface area contributed by atoms with Gasteiger partial charge in [0.15, 0.2) is 5.65 Å². The molecule has 4 atom stereocenters. The minimum Gasteiger partial charge on any atom is -0.393 e. The van der Waals surface area contributed by atoms with Crippen molar-refractivity contribution in [1.82, 2.24) is 19.5 Å². The van der Waals surface area contributed by atoms with E-state index in [-0.39, 0.29) is 29.2 Å². The molecule has 2 heterocycles. The molecule has 7 heteroatoms. The molecule has 24 heavy (non-hydrogen) atoms. The number of hydrogen-bond donors (Lipinski definition) is 2. The zero-order valence-electron chi connectivity index (χ0n) is 13.9. The molecule has 2 N–H and O–H groups in total. The van der Waals surface area contributed by atoms with Gasteiger partial charge in [0, 0.05) is 31.0 Å². The number of aryl methyl sites for hydroxylation is 1. The number of carbonyl (C=O) groups excluding carboxylic acids is 1. The molecule has 0 bridgehead atoms. The summed E-state index contributed by atoms with van der Waals surface area (Å²) in [7, 11) is 1.76. The van der Waals surface area contributed by atoms with Gasteiger partial charge in [-0.2, -0.15) is 0 Å². The van der Waals surface area contributed by atoms with Gasteiger partial charge in [-0.1, -0.05) is 0 Å². The highest BCUT2D eigenvalue weighted by Gasteiger charge is 2.43. The molecule has 7 nitrogen and oxygen atoms in total. The third-order valence-corrected chi connectivity index (χ3v) is 5.69. The first-order valence-electron chi connectivity index (χ1n) is 8.46. The predicted octanol–water partition coefficient (Wildman–Crippen LogP) is 0.953. The predicted molar refractivity (Wildman–Crippen MR) is 87.9 cm³/mol. The summed E-state index contributed by atoms with van der Waals surface area (Å²) in [5.74, 6) is 0.709. The second-order valence-corrected chi connectivity index (χ2v) is 7.30. The molecule has 2 aromatic rings. The summed E-state index contributed by atoms with van der Waals surface area (Å²) in [6.45, 7) is 1.84. The highest BCUT2D eigenvalue weighted by Crippen LogP contribution is 2.45. The van der Waals surface area contributed by atoms with Gasteiger partial charge in [0.25, 0.3) is 11.5 Å². The number of nitrogens with zero attached hydrogens (tertiary/aromatic N) is 3. The van der Waals surface area contributed by atoms with E-state index < -0.39 is 0 Å². The molecular weight excluding hydrogens is 308 g/mol. The van der Waals surface area contributed by atoms with Gasteiger partial charge in [-0.3, -0.25) is 14.7 Å². The number of aliphatic hydroxyl groups excluding tert-OH is 1. The van der Waals surface area contributed by atoms with Crippen molar-refractivity contribution in [3.05, 3.63) is 33.9 Å². The van der Waals surface area contributed by atoms with E-state index in [4.69, 9.17) is 0 Å². The lowest BCUT2D eigenvalue weighted by molar-refractivity contribution is 0.0719. The first-order chi connectivity index (χ1) is 11.4. The Labute approximate surface area is 139 Å². The van der Waals surface area contributed by atoms with Crippen LogP contribution in [0.2, 0.25) is 0 Å². The van der Waals surface area contributed by atoms with Gasteiger partial charge < -0.3 is 10.0 Å². The van der Waals surface area contributed by atoms with Crippen LogP contribution in [-0.4, -0.2) is 49.7 Å². The molecule has 2 aliphatic rings. The van der Waals surface area contributed by atoms with Crippen molar-refractivity contribution in [3.8, 4) is 0 Å². The number of aromatic amines is 1. The number of aliphatic hydroxyl groups is 1. The average Bonchev–Trinajstić information content (AvgIpc) is 3.18. The van der Waals surface area contributed by atoms with Crippen LogP contribution in [0.4, 0.5) is 0 Å². The molecule has 0 saturated heterocycles. The van der Waals surface area contributed by atoms with Crippen molar-refractivity contribution in [2.75, 3.05) is 7.05 Å². The second kappa shape index (κ2) is 5.44. The van der Waals surface area contributed by atoms with Crippen LogP contribution < -0.4 is 5.56 Å². The second-order valence-electron chi connectivity index (χ2n) is 7.30. The van der Waals surface area contributed by atoms with Crippen LogP contribution in [0.5, 0.6) is 0 Å². The Balaban J connectivity index is 1.58. The van der Waals surface area contributed by atoms with Gasteiger partial charge in [0.2, 0.25) is 0 Å². The fraction of sp³-hybridized carbons (Fsp3) is 0.588. The number of H-pyrrole nitrogens is 1. The fourth-order valence-corrected chi connectivity index (χ4v) is 4.45. The Morgan fingerprint density at radius 1 is 1.33 bits per heavy atom. The van der Waals surface area contributed by atoms with Crippen LogP contribution in [0.3, 0.4) is 0 Å². The van der Waals surface area contributed by atoms with Crippen LogP contribution in [-0.2, 0) is 0 Å². The quantitative estimate of drug-likeness (QED) is 0.858. The van der Waals surface area contributed by atoms with Crippen molar-refractivity contribution in [3.63, 3.8) is 0 Å². The minimum absolute atomic E-state index is 0.0916. The summed E-state index contributed by atoms with van der Waals surface area (Å²) in [5.41, 5.74) is 1.06. The summed E-state index contributed by atoms with van der Waals surface area (Å²) < 4.78 is 1.32. The number of nitrogens with one attached hydrogen (secondary N) is 1. The Morgan fingerprint density at radius 3 is 2.67 bits per heavy atom. The highest BCUT2D eigenvalue weighted by molar-refractivity contribution is 5.93. The Kier molecular flexibility index (Phi) is 3.49. The van der Waals surface area contributed by atoms with Crippen LogP contribution in [0.15, 0.2) is 17.1 Å². The molecule has 0 aliphatic heterocycles. The monoisotopic (exact) mass is 330 g/mol. The van der Waals surface area contributed by atoms with Crippen molar-refractivity contribution in [2.45, 2.75) is 44.8 Å². The zero-order valence-corrected chi connectivity index (χ0v) is 13.9. The van der Waals surface area contributed by atoms with Gasteiger partial charge in [-0.05, 0) is 44.4 Å². The standard InChI is InChI=1S/C17H22N4O3/c1-9-3-15-18-8-14(17(24)21(15)19-9)16(23)20(2)12-4-10-6-13(22)7-11(10)5-12/h3,8,10-13,19,22H,4-7H2,1-2H3/t10-,11+,12?,13?. The third kappa shape index (κ3) is 2.34. The van der Waals surface area contributed by atoms with Crippen molar-refractivity contribution in [2.24, 2.45) is 11.8 Å². The number of aromatic nitrogens is 3. The Bertz CT molecular complexity index is 841. The normalized spacial score (nSPS) is 29.1. The summed E-state index contributed by atoms with van der Waals surface area (Å²) in [5, 5.41) is 12.7. The van der Waals surface area contributed by atoms with E-state index in [0.717, 1.165) is 31.4 Å². The van der Waals surface area contributed by atoms with Crippen molar-refractivity contribution in [1.29, 1.82) is 0 Å². The van der Waals surface area contributed by atoms with E-state index >= 15 is 0 Å². The van der Waals surface area contributed by atoms with E-state index in [2.05, 4.69) is 10.1 Å². The summed E-state index contributed by atoms with van der Waals surface area (Å²) in [4.78, 5) is 31.2. The lowest BCUT2D eigenvalue weighted by atomic mass is 10.0. The van der Waals surface area contributed by atoms with Crippen LogP contribution in [0, 0.1) is 18.8 Å². The molecule has 128 valence electrons. The molecule has 0 radical (unpaired) electrons. The lowest BCUT2D eigenvalue weighted by Crippen LogP contribution is -2.39. The van der Waals surface area contributed by atoms with E-state index in [1.165, 1.54) is 10.7 Å². The van der Waals surface area contributed by atoms with Gasteiger partial charge in [0.05, 0.1) is 6.10 Å². The van der Waals surface area contributed by atoms with Crippen LogP contribution >= 0.6 is 0 Å². The topological polar surface area (TPSA) is 90.7 Å². The molecule has 2 fully saturated rings. The Morgan fingerprint density at radius 2 is 2.00 bits per heavy atom. The van der Waals surface area contributed by atoms with E-state index in [1.54, 1.807) is 18.0 Å². The first-order valence-corrected chi connectivity index (χ1v) is 8.46. The van der Waals surface area contributed by atoms with Crippen molar-refractivity contribution < 1.29 is 9.90 Å². The highest BCUT2D eigenvalue weighted by atomic mass is 16.3. The maximum atomic E-state index is 12.8. The van der Waals surface area contributed by atoms with E-state index in [1.807, 2.05) is 6.92 Å². The maximum Gasteiger partial charge on any atom is 0.285 e. The van der Waals surface area contributed by atoms with Crippen LogP contribution in [0.1, 0.15) is 41.7 Å². The molecule has 0 spiro atoms. The SMILES string of the molecule is Cc1cc2ncc(C(=O)N(C)C3C[C@H]4CC(O)C[C@H]4C3)c(=O)n2[nH]1. The number of hydrogen-bond acceptors (Lipinski definition) is 4. The molecule has 1 amide bonds. The van der Waals surface area contributed by atoms with Gasteiger partial charge in [0.1, 0.15) is 5.56 Å². The molecule has 2 aromatic heterocycles. The zero-order chi connectivity index (χ0) is 17.0. The fourth-order valence-electron chi connectivity index (χ4n) is 4.45. The third-order valence-electron chi connectivity index (χ3n) is 5.69. The Hall–Kier alpha value is -2.15. The number of rotatable bonds is 2. The molecule has 2 aliphatic carbocycles. The van der Waals surface area contributed by atoms with Gasteiger partial charge in [-0.25, -0.2) is 9.50 Å². The first kappa shape index (κ1) is 15.4. The average molecular weight is 330 g/mol. The summed E-state index contributed by atoms with van der Waals surface area (Å²) in [6.07, 6.45) is 4.67. The molecule has 2 saturated carbocycles. The molecule has 0 aromatic carbocycles. The van der Waals surface area contributed by atoms with Gasteiger partial charge in [-0.15, -0.1) is 0 Å². The van der Waals surface area contributed by atoms with Gasteiger partial charge >= 0.3 is 0 Å². The maximum absolute atomic E-state index is 12.8. The molecule has 4 rings (SSSR count). The number of carbonyl (C=O) groups is 1. The number of amides is 1. The van der Waals surface area contributed by atoms with Crippen molar-refractivity contribution >= 4 is 11.6 Å². The minimum atomic E-state index is -0.362. The molecular formula is C17H22N4O3. The van der Waals surface area contributed by atoms with Crippen LogP contribution in [0.25, 0.3) is 5.65 Å². The van der Waals surface area contributed by atoms with E-state index in [0.29, 0.717) is 17.5 Å². The number of fused-ring (bicyclic) bond motifs is 2. The van der Waals surface area contributed by atoms with E-state index in [9.17, 15) is 14.7 Å².